The molecule has 0 aromatic heterocycles. The summed E-state index contributed by atoms with van der Waals surface area (Å²) in [5, 5.41) is 0. The van der Waals surface area contributed by atoms with E-state index in [9.17, 15) is 0 Å². The van der Waals surface area contributed by atoms with Gasteiger partial charge in [-0.15, -0.1) is 0 Å². The third kappa shape index (κ3) is 2.67. The van der Waals surface area contributed by atoms with Gasteiger partial charge in [0.05, 0.1) is 0 Å². The van der Waals surface area contributed by atoms with Crippen molar-refractivity contribution in [3.05, 3.63) is 34.3 Å². The Labute approximate surface area is 107 Å². The molecule has 2 unspecified atom stereocenters. The Morgan fingerprint density at radius 3 is 2.62 bits per heavy atom. The summed E-state index contributed by atoms with van der Waals surface area (Å²) in [7, 11) is 0. The van der Waals surface area contributed by atoms with Gasteiger partial charge in [0.1, 0.15) is 0 Å². The lowest BCUT2D eigenvalue weighted by molar-refractivity contribution is 0.204. The average molecular weight is 282 g/mol. The molecule has 1 aromatic carbocycles. The Bertz CT molecular complexity index is 346. The van der Waals surface area contributed by atoms with Crippen molar-refractivity contribution in [2.45, 2.75) is 44.6 Å². The molecule has 1 fully saturated rings. The highest BCUT2D eigenvalue weighted by Crippen LogP contribution is 2.34. The first-order valence-corrected chi connectivity index (χ1v) is 6.93. The highest BCUT2D eigenvalue weighted by Gasteiger charge is 2.34. The van der Waals surface area contributed by atoms with Crippen LogP contribution in [0.3, 0.4) is 0 Å². The Morgan fingerprint density at radius 1 is 1.31 bits per heavy atom. The van der Waals surface area contributed by atoms with Crippen molar-refractivity contribution in [3.63, 3.8) is 0 Å². The van der Waals surface area contributed by atoms with Gasteiger partial charge in [0, 0.05) is 10.0 Å². The van der Waals surface area contributed by atoms with Crippen LogP contribution >= 0.6 is 15.9 Å². The molecule has 2 N–H and O–H groups in total. The van der Waals surface area contributed by atoms with Crippen molar-refractivity contribution < 1.29 is 0 Å². The largest absolute Gasteiger partial charge is 0.325 e. The maximum Gasteiger partial charge on any atom is 0.0221 e. The number of halogens is 1. The molecule has 88 valence electrons. The predicted molar refractivity (Wildman–Crippen MR) is 72.4 cm³/mol. The van der Waals surface area contributed by atoms with Crippen LogP contribution in [0, 0.1) is 5.92 Å². The van der Waals surface area contributed by atoms with Crippen LogP contribution in [0.5, 0.6) is 0 Å². The minimum absolute atomic E-state index is 0.0199. The highest BCUT2D eigenvalue weighted by molar-refractivity contribution is 9.10. The third-order valence-electron chi connectivity index (χ3n) is 3.96. The van der Waals surface area contributed by atoms with E-state index >= 15 is 0 Å². The molecule has 1 aromatic rings. The lowest BCUT2D eigenvalue weighted by atomic mass is 9.71. The molecular weight excluding hydrogens is 262 g/mol. The standard InChI is InChI=1S/C14H20BrN/c1-11-4-2-3-9-14(11,16)10-12-5-7-13(15)8-6-12/h5-8,11H,2-4,9-10,16H2,1H3. The Kier molecular flexibility index (Phi) is 3.70. The van der Waals surface area contributed by atoms with Gasteiger partial charge in [0.15, 0.2) is 0 Å². The van der Waals surface area contributed by atoms with Gasteiger partial charge in [-0.1, -0.05) is 47.8 Å². The monoisotopic (exact) mass is 281 g/mol. The molecule has 0 spiro atoms. The summed E-state index contributed by atoms with van der Waals surface area (Å²) in [5.41, 5.74) is 7.94. The average Bonchev–Trinajstić information content (AvgIpc) is 2.26. The second-order valence-electron chi connectivity index (χ2n) is 5.18. The van der Waals surface area contributed by atoms with Crippen LogP contribution in [0.25, 0.3) is 0 Å². The summed E-state index contributed by atoms with van der Waals surface area (Å²) in [5.74, 6) is 0.643. The second kappa shape index (κ2) is 4.89. The van der Waals surface area contributed by atoms with E-state index in [1.165, 1.54) is 31.2 Å². The first-order chi connectivity index (χ1) is 7.60. The number of hydrogen-bond donors (Lipinski definition) is 1. The lowest BCUT2D eigenvalue weighted by Gasteiger charge is -2.39. The predicted octanol–water partition coefficient (Wildman–Crippen LogP) is 3.90. The van der Waals surface area contributed by atoms with Crippen LogP contribution in [-0.4, -0.2) is 5.54 Å². The molecule has 16 heavy (non-hydrogen) atoms. The summed E-state index contributed by atoms with van der Waals surface area (Å²) in [6, 6.07) is 8.57. The van der Waals surface area contributed by atoms with Crippen molar-refractivity contribution in [2.75, 3.05) is 0 Å². The summed E-state index contributed by atoms with van der Waals surface area (Å²) < 4.78 is 1.14. The number of hydrogen-bond acceptors (Lipinski definition) is 1. The fraction of sp³-hybridized carbons (Fsp3) is 0.571. The molecule has 0 amide bonds. The van der Waals surface area contributed by atoms with E-state index in [0.29, 0.717) is 5.92 Å². The van der Waals surface area contributed by atoms with E-state index in [-0.39, 0.29) is 5.54 Å². The first-order valence-electron chi connectivity index (χ1n) is 6.13. The van der Waals surface area contributed by atoms with Gasteiger partial charge in [-0.3, -0.25) is 0 Å². The van der Waals surface area contributed by atoms with Gasteiger partial charge in [-0.2, -0.15) is 0 Å². The molecule has 1 aliphatic carbocycles. The fourth-order valence-electron chi connectivity index (χ4n) is 2.68. The van der Waals surface area contributed by atoms with Crippen molar-refractivity contribution in [1.82, 2.24) is 0 Å². The number of benzene rings is 1. The van der Waals surface area contributed by atoms with E-state index in [2.05, 4.69) is 47.1 Å². The number of rotatable bonds is 2. The van der Waals surface area contributed by atoms with Crippen LogP contribution in [0.2, 0.25) is 0 Å². The van der Waals surface area contributed by atoms with Gasteiger partial charge in [-0.25, -0.2) is 0 Å². The van der Waals surface area contributed by atoms with Gasteiger partial charge in [0.2, 0.25) is 0 Å². The van der Waals surface area contributed by atoms with E-state index in [1.54, 1.807) is 0 Å². The Morgan fingerprint density at radius 2 is 2.00 bits per heavy atom. The summed E-state index contributed by atoms with van der Waals surface area (Å²) in [4.78, 5) is 0. The van der Waals surface area contributed by atoms with E-state index < -0.39 is 0 Å². The van der Waals surface area contributed by atoms with Gasteiger partial charge >= 0.3 is 0 Å². The van der Waals surface area contributed by atoms with Crippen molar-refractivity contribution in [1.29, 1.82) is 0 Å². The maximum atomic E-state index is 6.56. The molecule has 1 nitrogen and oxygen atoms in total. The molecule has 2 heteroatoms. The normalized spacial score (nSPS) is 30.3. The molecule has 0 saturated heterocycles. The summed E-state index contributed by atoms with van der Waals surface area (Å²) in [6.07, 6.45) is 6.11. The molecule has 0 heterocycles. The highest BCUT2D eigenvalue weighted by atomic mass is 79.9. The molecule has 0 aliphatic heterocycles. The quantitative estimate of drug-likeness (QED) is 0.874. The first kappa shape index (κ1) is 12.1. The SMILES string of the molecule is CC1CCCCC1(N)Cc1ccc(Br)cc1. The molecular formula is C14H20BrN. The van der Waals surface area contributed by atoms with E-state index in [4.69, 9.17) is 5.73 Å². The van der Waals surface area contributed by atoms with Gasteiger partial charge < -0.3 is 5.73 Å². The van der Waals surface area contributed by atoms with Crippen molar-refractivity contribution in [3.8, 4) is 0 Å². The Balaban J connectivity index is 2.10. The summed E-state index contributed by atoms with van der Waals surface area (Å²) in [6.45, 7) is 2.30. The van der Waals surface area contributed by atoms with E-state index in [0.717, 1.165) is 10.9 Å². The zero-order chi connectivity index (χ0) is 11.6. The van der Waals surface area contributed by atoms with Crippen molar-refractivity contribution >= 4 is 15.9 Å². The fourth-order valence-corrected chi connectivity index (χ4v) is 2.95. The van der Waals surface area contributed by atoms with E-state index in [1.807, 2.05) is 0 Å². The Hall–Kier alpha value is -0.340. The molecule has 2 rings (SSSR count). The lowest BCUT2D eigenvalue weighted by Crippen LogP contribution is -2.49. The van der Waals surface area contributed by atoms with Crippen LogP contribution in [0.1, 0.15) is 38.2 Å². The minimum Gasteiger partial charge on any atom is -0.325 e. The summed E-state index contributed by atoms with van der Waals surface area (Å²) >= 11 is 3.46. The van der Waals surface area contributed by atoms with Gasteiger partial charge in [-0.05, 0) is 42.9 Å². The van der Waals surface area contributed by atoms with Gasteiger partial charge in [0.25, 0.3) is 0 Å². The topological polar surface area (TPSA) is 26.0 Å². The minimum atomic E-state index is 0.0199. The maximum absolute atomic E-state index is 6.56. The van der Waals surface area contributed by atoms with Crippen LogP contribution in [0.4, 0.5) is 0 Å². The van der Waals surface area contributed by atoms with Crippen LogP contribution < -0.4 is 5.73 Å². The molecule has 1 saturated carbocycles. The second-order valence-corrected chi connectivity index (χ2v) is 6.10. The number of nitrogens with two attached hydrogens (primary N) is 1. The smallest absolute Gasteiger partial charge is 0.0221 e. The van der Waals surface area contributed by atoms with Crippen molar-refractivity contribution in [2.24, 2.45) is 11.7 Å². The molecule has 0 radical (unpaired) electrons. The molecule has 2 atom stereocenters. The third-order valence-corrected chi connectivity index (χ3v) is 4.49. The van der Waals surface area contributed by atoms with Crippen LogP contribution in [-0.2, 0) is 6.42 Å². The zero-order valence-corrected chi connectivity index (χ0v) is 11.5. The molecule has 1 aliphatic rings. The molecule has 0 bridgehead atoms. The van der Waals surface area contributed by atoms with Crippen LogP contribution in [0.15, 0.2) is 28.7 Å². The zero-order valence-electron chi connectivity index (χ0n) is 9.88.